The highest BCUT2D eigenvalue weighted by atomic mass is 32.2. The van der Waals surface area contributed by atoms with Gasteiger partial charge in [-0.1, -0.05) is 54.6 Å². The lowest BCUT2D eigenvalue weighted by molar-refractivity contribution is -0.275. The number of benzene rings is 6. The molecule has 0 aliphatic carbocycles. The molecule has 0 aromatic heterocycles. The van der Waals surface area contributed by atoms with Gasteiger partial charge in [0.2, 0.25) is 0 Å². The van der Waals surface area contributed by atoms with Gasteiger partial charge >= 0.3 is 18.3 Å². The molecule has 6 aromatic rings. The van der Waals surface area contributed by atoms with E-state index < -0.39 is 60.8 Å². The van der Waals surface area contributed by atoms with Crippen LogP contribution in [0.1, 0.15) is 23.6 Å². The van der Waals surface area contributed by atoms with Gasteiger partial charge in [0.15, 0.2) is 0 Å². The van der Waals surface area contributed by atoms with Gasteiger partial charge in [0, 0.05) is 29.4 Å². The van der Waals surface area contributed by atoms with Gasteiger partial charge in [0.1, 0.15) is 65.9 Å². The molecule has 0 heterocycles. The van der Waals surface area contributed by atoms with Crippen LogP contribution in [0.4, 0.5) is 28.9 Å². The topological polar surface area (TPSA) is 250 Å². The van der Waals surface area contributed by atoms with Gasteiger partial charge in [0.25, 0.3) is 26.0 Å². The quantitative estimate of drug-likeness (QED) is 0.0334. The SMILES string of the molecule is CC(=O)O.Cc1ccc(F)cc1S(=O)(=O)Nc1ccc(OCCOc2ccccc2CC(=O)O)cc1.O=C(O)Cc1ccccc1OCCOc1ccc(NS(=O)(=O)c2ccccc2OC(F)(F)F)cc1. The molecule has 71 heavy (non-hydrogen) atoms. The average molecular weight is 1030 g/mol. The molecule has 378 valence electrons. The Labute approximate surface area is 405 Å². The molecule has 0 amide bonds. The monoisotopic (exact) mass is 1030 g/mol. The van der Waals surface area contributed by atoms with Crippen LogP contribution in [0.3, 0.4) is 0 Å². The Hall–Kier alpha value is -8.05. The van der Waals surface area contributed by atoms with Crippen molar-refractivity contribution in [2.75, 3.05) is 35.9 Å². The van der Waals surface area contributed by atoms with Crippen LogP contribution in [0, 0.1) is 12.7 Å². The zero-order chi connectivity index (χ0) is 52.2. The van der Waals surface area contributed by atoms with Gasteiger partial charge in [-0.3, -0.25) is 23.8 Å². The number of hydrogen-bond donors (Lipinski definition) is 5. The summed E-state index contributed by atoms with van der Waals surface area (Å²) in [6.07, 6.45) is -5.36. The fourth-order valence-corrected chi connectivity index (χ4v) is 8.44. The van der Waals surface area contributed by atoms with Crippen molar-refractivity contribution in [1.29, 1.82) is 0 Å². The summed E-state index contributed by atoms with van der Waals surface area (Å²) < 4.78 is 132. The van der Waals surface area contributed by atoms with Gasteiger partial charge in [0.05, 0.1) is 17.7 Å². The van der Waals surface area contributed by atoms with E-state index in [1.807, 2.05) is 0 Å². The molecule has 0 fully saturated rings. The summed E-state index contributed by atoms with van der Waals surface area (Å²) in [4.78, 5) is 30.1. The van der Waals surface area contributed by atoms with Gasteiger partial charge < -0.3 is 39.0 Å². The second-order valence-corrected chi connectivity index (χ2v) is 17.7. The van der Waals surface area contributed by atoms with E-state index in [0.29, 0.717) is 45.4 Å². The number of carbonyl (C=O) groups is 3. The second kappa shape index (κ2) is 26.1. The van der Waals surface area contributed by atoms with E-state index in [2.05, 4.69) is 14.2 Å². The maximum Gasteiger partial charge on any atom is 0.573 e. The maximum atomic E-state index is 13.5. The first-order chi connectivity index (χ1) is 33.5. The highest BCUT2D eigenvalue weighted by Crippen LogP contribution is 2.31. The lowest BCUT2D eigenvalue weighted by Gasteiger charge is -2.15. The molecule has 0 radical (unpaired) electrons. The molecule has 0 bridgehead atoms. The predicted molar refractivity (Wildman–Crippen MR) is 250 cm³/mol. The van der Waals surface area contributed by atoms with E-state index in [4.69, 9.17) is 39.1 Å². The first kappa shape index (κ1) is 55.5. The minimum Gasteiger partial charge on any atom is -0.490 e. The Bertz CT molecular complexity index is 2950. The number of alkyl halides is 3. The fourth-order valence-electron chi connectivity index (χ4n) is 5.93. The van der Waals surface area contributed by atoms with Crippen molar-refractivity contribution in [3.05, 3.63) is 162 Å². The van der Waals surface area contributed by atoms with Crippen LogP contribution in [-0.4, -0.2) is 82.9 Å². The number of halogens is 4. The summed E-state index contributed by atoms with van der Waals surface area (Å²) in [5.41, 5.74) is 1.94. The number of anilines is 2. The Morgan fingerprint density at radius 3 is 1.34 bits per heavy atom. The summed E-state index contributed by atoms with van der Waals surface area (Å²) in [6, 6.07) is 33.5. The minimum atomic E-state index is -5.05. The Balaban J connectivity index is 0.000000288. The highest BCUT2D eigenvalue weighted by Gasteiger charge is 2.34. The molecule has 6 rings (SSSR count). The van der Waals surface area contributed by atoms with Crippen LogP contribution in [0.2, 0.25) is 0 Å². The predicted octanol–water partition coefficient (Wildman–Crippen LogP) is 8.58. The second-order valence-electron chi connectivity index (χ2n) is 14.4. The number of nitrogens with one attached hydrogen (secondary N) is 2. The number of carboxylic acid groups (broad SMARTS) is 3. The standard InChI is InChI=1S/C23H20F3NO7S.C23H22FNO6S.C2H4O2/c24-23(25,26)34-20-7-3-4-8-21(20)35(30,31)27-17-9-11-18(12-10-17)32-13-14-33-19-6-2-1-5-16(19)15-22(28)29;1-16-6-7-18(24)15-22(16)32(28,29)25-19-8-10-20(11-9-19)30-12-13-31-21-5-3-2-4-17(21)14-23(26)27;1-2(3)4/h1-12,27H,13-15H2,(H,28,29);2-11,15,25H,12-14H2,1H3,(H,26,27);1H3,(H,3,4). The van der Waals surface area contributed by atoms with Crippen molar-refractivity contribution in [3.63, 3.8) is 0 Å². The molecule has 17 nitrogen and oxygen atoms in total. The van der Waals surface area contributed by atoms with Crippen LogP contribution >= 0.6 is 0 Å². The molecule has 0 atom stereocenters. The van der Waals surface area contributed by atoms with Crippen LogP contribution in [-0.2, 0) is 47.3 Å². The minimum absolute atomic E-state index is 0.0954. The van der Waals surface area contributed by atoms with Gasteiger partial charge in [-0.2, -0.15) is 0 Å². The van der Waals surface area contributed by atoms with E-state index in [-0.39, 0.29) is 49.9 Å². The molecular weight excluding hydrogens is 985 g/mol. The van der Waals surface area contributed by atoms with Crippen molar-refractivity contribution in [1.82, 2.24) is 0 Å². The number of aryl methyl sites for hydroxylation is 1. The third-order valence-corrected chi connectivity index (χ3v) is 11.8. The van der Waals surface area contributed by atoms with Crippen molar-refractivity contribution in [2.24, 2.45) is 0 Å². The van der Waals surface area contributed by atoms with E-state index in [0.717, 1.165) is 25.1 Å². The van der Waals surface area contributed by atoms with Crippen molar-refractivity contribution in [3.8, 4) is 28.7 Å². The fraction of sp³-hybridized carbons (Fsp3) is 0.188. The molecule has 0 aliphatic rings. The molecular formula is C48H46F4N2O15S2. The number of rotatable bonds is 21. The zero-order valence-corrected chi connectivity index (χ0v) is 39.2. The molecule has 0 saturated carbocycles. The largest absolute Gasteiger partial charge is 0.573 e. The molecule has 23 heteroatoms. The van der Waals surface area contributed by atoms with E-state index in [1.165, 1.54) is 60.7 Å². The Kier molecular flexibility index (Phi) is 20.4. The van der Waals surface area contributed by atoms with E-state index in [1.54, 1.807) is 67.6 Å². The first-order valence-electron chi connectivity index (χ1n) is 20.7. The summed E-state index contributed by atoms with van der Waals surface area (Å²) in [6.45, 7) is 3.32. The summed E-state index contributed by atoms with van der Waals surface area (Å²) in [7, 11) is -8.31. The van der Waals surface area contributed by atoms with Gasteiger partial charge in [-0.25, -0.2) is 21.2 Å². The molecule has 5 N–H and O–H groups in total. The smallest absolute Gasteiger partial charge is 0.490 e. The molecule has 0 spiro atoms. The number of para-hydroxylation sites is 3. The summed E-state index contributed by atoms with van der Waals surface area (Å²) in [5.74, 6) is -2.45. The lowest BCUT2D eigenvalue weighted by atomic mass is 10.1. The van der Waals surface area contributed by atoms with Crippen molar-refractivity contribution in [2.45, 2.75) is 42.8 Å². The third kappa shape index (κ3) is 19.5. The number of aliphatic carboxylic acids is 3. The summed E-state index contributed by atoms with van der Waals surface area (Å²) >= 11 is 0. The van der Waals surface area contributed by atoms with E-state index in [9.17, 15) is 44.0 Å². The van der Waals surface area contributed by atoms with Crippen molar-refractivity contribution < 1.29 is 87.8 Å². The van der Waals surface area contributed by atoms with Crippen molar-refractivity contribution >= 4 is 49.3 Å². The number of hydrogen-bond acceptors (Lipinski definition) is 12. The normalized spacial score (nSPS) is 11.0. The first-order valence-corrected chi connectivity index (χ1v) is 23.6. The van der Waals surface area contributed by atoms with Gasteiger partial charge in [-0.15, -0.1) is 13.2 Å². The van der Waals surface area contributed by atoms with Gasteiger partial charge in [-0.05, 0) is 97.4 Å². The molecule has 6 aromatic carbocycles. The Morgan fingerprint density at radius 1 is 0.535 bits per heavy atom. The maximum absolute atomic E-state index is 13.5. The molecule has 0 unspecified atom stereocenters. The zero-order valence-electron chi connectivity index (χ0n) is 37.6. The third-order valence-electron chi connectivity index (χ3n) is 8.86. The van der Waals surface area contributed by atoms with Crippen LogP contribution in [0.25, 0.3) is 0 Å². The Morgan fingerprint density at radius 2 is 0.915 bits per heavy atom. The van der Waals surface area contributed by atoms with Crippen LogP contribution < -0.4 is 33.1 Å². The molecule has 0 aliphatic heterocycles. The van der Waals surface area contributed by atoms with E-state index >= 15 is 0 Å². The number of carboxylic acids is 3. The van der Waals surface area contributed by atoms with Crippen LogP contribution in [0.15, 0.2) is 149 Å². The van der Waals surface area contributed by atoms with Crippen LogP contribution in [0.5, 0.6) is 28.7 Å². The summed E-state index contributed by atoms with van der Waals surface area (Å²) in [5, 5.41) is 25.3. The molecule has 0 saturated heterocycles. The lowest BCUT2D eigenvalue weighted by Crippen LogP contribution is -2.20. The average Bonchev–Trinajstić information content (AvgIpc) is 3.28. The highest BCUT2D eigenvalue weighted by molar-refractivity contribution is 7.93. The number of ether oxygens (including phenoxy) is 5. The number of sulfonamides is 2.